The Labute approximate surface area is 242 Å². The summed E-state index contributed by atoms with van der Waals surface area (Å²) in [6, 6.07) is 2.72. The molecule has 7 aliphatic rings. The van der Waals surface area contributed by atoms with E-state index >= 15 is 0 Å². The van der Waals surface area contributed by atoms with Crippen LogP contribution >= 0.6 is 0 Å². The van der Waals surface area contributed by atoms with Crippen LogP contribution in [0.15, 0.2) is 24.3 Å². The molecule has 0 aromatic rings. The fourth-order valence-corrected chi connectivity index (χ4v) is 12.3. The van der Waals surface area contributed by atoms with Gasteiger partial charge in [0.1, 0.15) is 0 Å². The molecule has 7 fully saturated rings. The van der Waals surface area contributed by atoms with Gasteiger partial charge in [-0.2, -0.15) is 0 Å². The molecule has 0 aromatic carbocycles. The molecular formula is C38H61N. The first-order chi connectivity index (χ1) is 19.3. The molecule has 7 rings (SSSR count). The highest BCUT2D eigenvalue weighted by molar-refractivity contribution is 5.11. The van der Waals surface area contributed by atoms with Gasteiger partial charge in [-0.3, -0.25) is 4.90 Å². The smallest absolute Gasteiger partial charge is 0.0102 e. The Balaban J connectivity index is 0.933. The van der Waals surface area contributed by atoms with Crippen molar-refractivity contribution in [1.82, 2.24) is 4.90 Å². The minimum Gasteiger partial charge on any atom is -0.294 e. The van der Waals surface area contributed by atoms with Gasteiger partial charge in [-0.15, -0.1) is 0 Å². The van der Waals surface area contributed by atoms with E-state index in [1.807, 2.05) is 0 Å². The van der Waals surface area contributed by atoms with Crippen LogP contribution in [0.25, 0.3) is 0 Å². The Hall–Kier alpha value is -0.560. The summed E-state index contributed by atoms with van der Waals surface area (Å²) in [7, 11) is 0. The number of rotatable bonds is 6. The molecule has 0 bridgehead atoms. The summed E-state index contributed by atoms with van der Waals surface area (Å²) in [5.74, 6) is 8.27. The minimum absolute atomic E-state index is 0.831. The highest BCUT2D eigenvalue weighted by Gasteiger charge is 2.52. The largest absolute Gasteiger partial charge is 0.294 e. The van der Waals surface area contributed by atoms with Crippen molar-refractivity contribution < 1.29 is 0 Å². The van der Waals surface area contributed by atoms with E-state index in [0.717, 1.165) is 65.5 Å². The van der Waals surface area contributed by atoms with Crippen molar-refractivity contribution in [2.45, 2.75) is 166 Å². The highest BCUT2D eigenvalue weighted by atomic mass is 15.2. The van der Waals surface area contributed by atoms with E-state index in [1.54, 1.807) is 51.4 Å². The molecule has 0 spiro atoms. The SMILES string of the molecule is C(C=CC1CCC2CCC3CCCC4CCC1C2C34)=CC1CCC(N(C2CCCCC2)C2CCCCC2)CC1. The van der Waals surface area contributed by atoms with Crippen molar-refractivity contribution in [2.24, 2.45) is 47.3 Å². The van der Waals surface area contributed by atoms with Gasteiger partial charge in [0.15, 0.2) is 0 Å². The molecule has 218 valence electrons. The molecule has 0 heterocycles. The lowest BCUT2D eigenvalue weighted by atomic mass is 9.46. The van der Waals surface area contributed by atoms with Crippen LogP contribution < -0.4 is 0 Å². The molecule has 0 N–H and O–H groups in total. The van der Waals surface area contributed by atoms with E-state index in [9.17, 15) is 0 Å². The molecule has 7 unspecified atom stereocenters. The zero-order chi connectivity index (χ0) is 26.0. The minimum atomic E-state index is 0.831. The summed E-state index contributed by atoms with van der Waals surface area (Å²) in [4.78, 5) is 3.14. The zero-order valence-electron chi connectivity index (χ0n) is 25.4. The molecule has 1 nitrogen and oxygen atoms in total. The zero-order valence-corrected chi connectivity index (χ0v) is 25.4. The van der Waals surface area contributed by atoms with Gasteiger partial charge in [-0.25, -0.2) is 0 Å². The molecule has 1 heteroatoms. The first-order valence-electron chi connectivity index (χ1n) is 18.5. The van der Waals surface area contributed by atoms with Crippen molar-refractivity contribution >= 4 is 0 Å². The van der Waals surface area contributed by atoms with Crippen molar-refractivity contribution in [2.75, 3.05) is 0 Å². The van der Waals surface area contributed by atoms with Gasteiger partial charge in [0.2, 0.25) is 0 Å². The Bertz CT molecular complexity index is 798. The molecule has 7 aliphatic carbocycles. The van der Waals surface area contributed by atoms with Crippen LogP contribution in [-0.2, 0) is 0 Å². The van der Waals surface area contributed by atoms with Gasteiger partial charge in [-0.1, -0.05) is 82.1 Å². The van der Waals surface area contributed by atoms with E-state index < -0.39 is 0 Å². The molecular weight excluding hydrogens is 470 g/mol. The first kappa shape index (κ1) is 27.3. The maximum absolute atomic E-state index is 3.14. The number of hydrogen-bond donors (Lipinski definition) is 0. The molecule has 7 atom stereocenters. The lowest BCUT2D eigenvalue weighted by molar-refractivity contribution is -0.0889. The Morgan fingerprint density at radius 2 is 0.923 bits per heavy atom. The topological polar surface area (TPSA) is 3.24 Å². The van der Waals surface area contributed by atoms with Crippen molar-refractivity contribution in [1.29, 1.82) is 0 Å². The van der Waals surface area contributed by atoms with Crippen molar-refractivity contribution in [3.8, 4) is 0 Å². The molecule has 7 saturated carbocycles. The summed E-state index contributed by atoms with van der Waals surface area (Å²) in [5.41, 5.74) is 0. The van der Waals surface area contributed by atoms with E-state index in [0.29, 0.717) is 0 Å². The third kappa shape index (κ3) is 5.88. The van der Waals surface area contributed by atoms with Crippen LogP contribution in [0.3, 0.4) is 0 Å². The molecule has 0 amide bonds. The highest BCUT2D eigenvalue weighted by Crippen LogP contribution is 2.61. The molecule has 0 radical (unpaired) electrons. The second-order valence-electron chi connectivity index (χ2n) is 15.8. The standard InChI is InChI=1S/C38H61N/c1-3-14-33(15-4-1)39(34-16-5-2-6-17-34)35-25-18-28(19-26-35)10-7-8-11-29-20-21-32-23-22-30-12-9-13-31-24-27-36(29)38(32)37(30)31/h7-8,10-11,28-38H,1-6,9,12-27H2. The second kappa shape index (κ2) is 12.8. The third-order valence-corrected chi connectivity index (χ3v) is 13.9. The van der Waals surface area contributed by atoms with Crippen LogP contribution in [0.1, 0.15) is 148 Å². The lowest BCUT2D eigenvalue weighted by Gasteiger charge is -2.59. The van der Waals surface area contributed by atoms with Crippen LogP contribution in [0.4, 0.5) is 0 Å². The Morgan fingerprint density at radius 1 is 0.385 bits per heavy atom. The summed E-state index contributed by atoms with van der Waals surface area (Å²) in [5, 5.41) is 0. The first-order valence-corrected chi connectivity index (χ1v) is 18.5. The lowest BCUT2D eigenvalue weighted by Crippen LogP contribution is -2.51. The monoisotopic (exact) mass is 531 g/mol. The second-order valence-corrected chi connectivity index (χ2v) is 15.8. The molecule has 0 aliphatic heterocycles. The average Bonchev–Trinajstić information content (AvgIpc) is 3.00. The normalized spacial score (nSPS) is 44.2. The van der Waals surface area contributed by atoms with Crippen LogP contribution in [0.5, 0.6) is 0 Å². The summed E-state index contributed by atoms with van der Waals surface area (Å²) >= 11 is 0. The number of nitrogens with zero attached hydrogens (tertiary/aromatic N) is 1. The molecule has 39 heavy (non-hydrogen) atoms. The van der Waals surface area contributed by atoms with Gasteiger partial charge in [0, 0.05) is 18.1 Å². The summed E-state index contributed by atoms with van der Waals surface area (Å²) in [6.45, 7) is 0. The number of hydrogen-bond acceptors (Lipinski definition) is 1. The van der Waals surface area contributed by atoms with Crippen molar-refractivity contribution in [3.63, 3.8) is 0 Å². The predicted molar refractivity (Wildman–Crippen MR) is 166 cm³/mol. The van der Waals surface area contributed by atoms with E-state index in [2.05, 4.69) is 29.2 Å². The van der Waals surface area contributed by atoms with E-state index in [-0.39, 0.29) is 0 Å². The fourth-order valence-electron chi connectivity index (χ4n) is 12.3. The summed E-state index contributed by atoms with van der Waals surface area (Å²) in [6.07, 6.45) is 45.0. The van der Waals surface area contributed by atoms with Crippen LogP contribution in [0.2, 0.25) is 0 Å². The van der Waals surface area contributed by atoms with Crippen molar-refractivity contribution in [3.05, 3.63) is 24.3 Å². The predicted octanol–water partition coefficient (Wildman–Crippen LogP) is 10.5. The fraction of sp³-hybridized carbons (Fsp3) is 0.895. The Morgan fingerprint density at radius 3 is 1.59 bits per heavy atom. The quantitative estimate of drug-likeness (QED) is 0.308. The number of allylic oxidation sites excluding steroid dienone is 4. The van der Waals surface area contributed by atoms with Gasteiger partial charge in [0.25, 0.3) is 0 Å². The molecule has 0 saturated heterocycles. The Kier molecular flexibility index (Phi) is 8.92. The maximum Gasteiger partial charge on any atom is 0.0102 e. The van der Waals surface area contributed by atoms with Gasteiger partial charge in [-0.05, 0) is 137 Å². The van der Waals surface area contributed by atoms with Gasteiger partial charge < -0.3 is 0 Å². The average molecular weight is 532 g/mol. The van der Waals surface area contributed by atoms with Crippen LogP contribution in [0, 0.1) is 47.3 Å². The van der Waals surface area contributed by atoms with Crippen LogP contribution in [-0.4, -0.2) is 23.0 Å². The third-order valence-electron chi connectivity index (χ3n) is 13.9. The van der Waals surface area contributed by atoms with E-state index in [1.165, 1.54) is 96.3 Å². The van der Waals surface area contributed by atoms with Gasteiger partial charge >= 0.3 is 0 Å². The van der Waals surface area contributed by atoms with E-state index in [4.69, 9.17) is 0 Å². The molecule has 0 aromatic heterocycles. The van der Waals surface area contributed by atoms with Gasteiger partial charge in [0.05, 0.1) is 0 Å². The maximum atomic E-state index is 3.14. The summed E-state index contributed by atoms with van der Waals surface area (Å²) < 4.78 is 0.